The zero-order valence-corrected chi connectivity index (χ0v) is 86.2. The van der Waals surface area contributed by atoms with E-state index in [0.717, 1.165) is 21.0 Å². The van der Waals surface area contributed by atoms with Gasteiger partial charge in [0, 0.05) is 135 Å². The number of aryl methyl sites for hydroxylation is 2. The zero-order chi connectivity index (χ0) is 108. The summed E-state index contributed by atoms with van der Waals surface area (Å²) in [6, 6.07) is 82.9. The molecule has 0 radical (unpaired) electrons. The summed E-state index contributed by atoms with van der Waals surface area (Å²) in [5, 5.41) is 19.7. The van der Waals surface area contributed by atoms with Gasteiger partial charge in [0.25, 0.3) is 11.8 Å². The van der Waals surface area contributed by atoms with Crippen LogP contribution in [0.15, 0.2) is 306 Å². The number of para-hydroxylation sites is 3. The average Bonchev–Trinajstić information content (AvgIpc) is 0.790. The lowest BCUT2D eigenvalue weighted by Crippen LogP contribution is -2.40. The molecule has 0 bridgehead atoms. The molecule has 4 amide bonds. The number of carbonyl (C=O) groups is 12. The number of esters is 3. The highest BCUT2D eigenvalue weighted by Gasteiger charge is 2.31. The van der Waals surface area contributed by atoms with Crippen molar-refractivity contribution in [3.63, 3.8) is 0 Å². The van der Waals surface area contributed by atoms with Gasteiger partial charge in [0.2, 0.25) is 20.0 Å². The standard InChI is InChI=1S/C22H24O4.C20H20O5.C19H19N3O3S.C19H18N2O4S.C18H18N2O3.C18H17NO3S/c1-3-21(24)20-8-6-5-7-18(20)15-19(23)14-11-16-9-12-17(13-10-16)22(25)26-4-2;1-24-19(22)16-8-5-6-14(12-16)10-11-17(21)13-15-7-3-4-9-18(15)20(23)25-2;1-26(24,22-10-12-25-13-11-22)18-5-3-2-4-17(18)21-19(23)16-8-6-15(14-20)7-9-16;1-2-15-6-5-7-16(14-15)19(22)20-17-8-3-4-9-18(17)26(23,24)21-10-12-25-13-11-21;1-3-17(22)15-6-4-5-7-16(15)20-18(23)19-14-10-8-13(9-11-14)12(2)21;1-4-14-9-11-15(12-10-14)17(20)13-16-7-5-6-8-18(16)23(21,22)19(2)3/h5-10,12-13H,3-4,11,14-15H2,1-2H3;3-9,12H,10-11,13H2,1-2H3;2-9H,1,10-13H2,(H,21,23);1,3-9,14H,10-13H2,(H,20,22);4-11H,3H2,1-2H3,(H2,19,20,23);1,5-12H,13H2,2-3H3. The van der Waals surface area contributed by atoms with Gasteiger partial charge in [-0.15, -0.1) is 12.8 Å². The number of urea groups is 1. The molecule has 770 valence electrons. The van der Waals surface area contributed by atoms with E-state index in [1.807, 2.05) is 49.4 Å². The van der Waals surface area contributed by atoms with Gasteiger partial charge in [-0.2, -0.15) is 9.57 Å². The van der Waals surface area contributed by atoms with Gasteiger partial charge in [-0.1, -0.05) is 165 Å². The summed E-state index contributed by atoms with van der Waals surface area (Å²) in [7, 11) is -4.48. The number of carbonyl (C=O) groups excluding carboxylic acids is 12. The second-order valence-electron chi connectivity index (χ2n) is 33.4. The smallest absolute Gasteiger partial charge is 0.338 e. The maximum Gasteiger partial charge on any atom is 0.338 e. The average molecular weight is 2070 g/mol. The van der Waals surface area contributed by atoms with Gasteiger partial charge >= 0.3 is 23.9 Å². The predicted molar refractivity (Wildman–Crippen MR) is 573 cm³/mol. The van der Waals surface area contributed by atoms with Crippen molar-refractivity contribution in [3.8, 4) is 30.8 Å². The molecule has 1 atom stereocenters. The summed E-state index contributed by atoms with van der Waals surface area (Å²) in [5.41, 5.74) is 11.6. The highest BCUT2D eigenvalue weighted by molar-refractivity contribution is 7.98. The van der Waals surface area contributed by atoms with E-state index in [9.17, 15) is 78.6 Å². The molecule has 14 rings (SSSR count). The fraction of sp³-hybridized carbons (Fsp3) is 0.224. The Hall–Kier alpha value is -16.4. The number of ether oxygens (including phenoxy) is 5. The minimum Gasteiger partial charge on any atom is -0.465 e. The highest BCUT2D eigenvalue weighted by atomic mass is 32.2. The van der Waals surface area contributed by atoms with Crippen LogP contribution in [0.1, 0.15) is 191 Å². The number of sulfonamides is 2. The third-order valence-electron chi connectivity index (χ3n) is 23.0. The van der Waals surface area contributed by atoms with E-state index in [4.69, 9.17) is 41.8 Å². The van der Waals surface area contributed by atoms with E-state index in [0.29, 0.717) is 184 Å². The first-order valence-corrected chi connectivity index (χ1v) is 51.9. The van der Waals surface area contributed by atoms with Gasteiger partial charge in [0.15, 0.2) is 23.1 Å². The van der Waals surface area contributed by atoms with E-state index in [-0.39, 0.29) is 94.4 Å². The van der Waals surface area contributed by atoms with Crippen LogP contribution in [-0.2, 0) is 95.1 Å². The summed E-state index contributed by atoms with van der Waals surface area (Å²) in [6.07, 6.45) is 13.7. The predicted octanol–water partition coefficient (Wildman–Crippen LogP) is 17.7. The molecule has 30 nitrogen and oxygen atoms in total. The third kappa shape index (κ3) is 34.6. The lowest BCUT2D eigenvalue weighted by molar-refractivity contribution is -0.119. The molecule has 2 aliphatic heterocycles. The van der Waals surface area contributed by atoms with Crippen LogP contribution >= 0.6 is 0 Å². The number of rotatable bonds is 34. The Kier molecular flexibility index (Phi) is 45.3. The Morgan fingerprint density at radius 1 is 0.409 bits per heavy atom. The molecule has 2 aliphatic rings. The number of nitriles is 1. The second-order valence-corrected chi connectivity index (χ2v) is 39.7. The lowest BCUT2D eigenvalue weighted by atomic mass is 9.96. The van der Waals surface area contributed by atoms with E-state index in [1.165, 1.54) is 51.7 Å². The molecule has 33 heteroatoms. The number of nitrogens with zero attached hydrogens (tertiary/aromatic N) is 4. The molecular formula is C116H116N8O22S3. The normalized spacial score (nSPS) is 12.4. The van der Waals surface area contributed by atoms with E-state index in [1.54, 1.807) is 261 Å². The number of ketones is 6. The van der Waals surface area contributed by atoms with Gasteiger partial charge in [0.05, 0.1) is 112 Å². The van der Waals surface area contributed by atoms with Crippen LogP contribution < -0.4 is 21.3 Å². The highest BCUT2D eigenvalue weighted by Crippen LogP contribution is 2.30. The van der Waals surface area contributed by atoms with Crippen molar-refractivity contribution in [2.45, 2.75) is 100 Å². The number of hydrogen-bond donors (Lipinski definition) is 4. The van der Waals surface area contributed by atoms with Crippen molar-refractivity contribution in [2.24, 2.45) is 0 Å². The van der Waals surface area contributed by atoms with Crippen molar-refractivity contribution in [2.75, 3.05) is 109 Å². The van der Waals surface area contributed by atoms with Gasteiger partial charge in [0.1, 0.15) is 16.5 Å². The van der Waals surface area contributed by atoms with E-state index >= 15 is 0 Å². The minimum absolute atomic E-state index is 0.0125. The molecule has 0 aromatic heterocycles. The molecule has 12 aromatic rings. The lowest BCUT2D eigenvalue weighted by Gasteiger charge is -2.30. The molecule has 2 saturated heterocycles. The molecule has 1 unspecified atom stereocenters. The van der Waals surface area contributed by atoms with Crippen molar-refractivity contribution < 1.29 is 102 Å². The number of nitrogens with one attached hydrogen (secondary N) is 4. The Morgan fingerprint density at radius 2 is 0.866 bits per heavy atom. The van der Waals surface area contributed by atoms with E-state index < -0.39 is 53.6 Å². The van der Waals surface area contributed by atoms with Gasteiger partial charge < -0.3 is 45.0 Å². The Bertz CT molecular complexity index is 7290. The monoisotopic (exact) mass is 2070 g/mol. The van der Waals surface area contributed by atoms with Gasteiger partial charge in [-0.3, -0.25) is 38.4 Å². The molecule has 0 aliphatic carbocycles. The fourth-order valence-electron chi connectivity index (χ4n) is 14.9. The molecule has 149 heavy (non-hydrogen) atoms. The van der Waals surface area contributed by atoms with E-state index in [2.05, 4.69) is 39.0 Å². The number of hydrogen-bond acceptors (Lipinski definition) is 23. The first kappa shape index (κ1) is 116. The van der Waals surface area contributed by atoms with Crippen molar-refractivity contribution in [3.05, 3.63) is 386 Å². The number of Topliss-reactive ketones (excluding diaryl/α,β-unsaturated/α-hetero) is 6. The van der Waals surface area contributed by atoms with Gasteiger partial charge in [-0.05, 0) is 212 Å². The topological polar surface area (TPSA) is 418 Å². The fourth-order valence-corrected chi connectivity index (χ4v) is 19.3. The number of terminal acetylenes is 2. The Labute approximate surface area is 869 Å². The quantitative estimate of drug-likeness (QED) is 0.00956. The molecule has 2 heterocycles. The van der Waals surface area contributed by atoms with Crippen LogP contribution in [0.5, 0.6) is 0 Å². The van der Waals surface area contributed by atoms with Crippen LogP contribution in [0.4, 0.5) is 27.5 Å². The van der Waals surface area contributed by atoms with Crippen molar-refractivity contribution in [1.29, 1.82) is 5.26 Å². The van der Waals surface area contributed by atoms with Crippen LogP contribution in [-0.4, -0.2) is 198 Å². The second kappa shape index (κ2) is 58.1. The number of anilines is 4. The van der Waals surface area contributed by atoms with Crippen LogP contribution in [0.25, 0.3) is 0 Å². The van der Waals surface area contributed by atoms with Crippen LogP contribution in [0.3, 0.4) is 0 Å². The van der Waals surface area contributed by atoms with Gasteiger partial charge in [-0.25, -0.2) is 48.8 Å². The summed E-state index contributed by atoms with van der Waals surface area (Å²) in [4.78, 5) is 145. The van der Waals surface area contributed by atoms with Crippen molar-refractivity contribution in [1.82, 2.24) is 12.9 Å². The zero-order valence-electron chi connectivity index (χ0n) is 83.8. The Morgan fingerprint density at radius 3 is 1.42 bits per heavy atom. The van der Waals surface area contributed by atoms with Crippen LogP contribution in [0.2, 0.25) is 0 Å². The number of amides is 4. The molecule has 0 spiro atoms. The maximum absolute atomic E-state index is 13.3. The first-order chi connectivity index (χ1) is 71.5. The van der Waals surface area contributed by atoms with Crippen molar-refractivity contribution >= 4 is 129 Å². The molecule has 0 saturated carbocycles. The number of methoxy groups -OCH3 is 2. The molecule has 4 N–H and O–H groups in total. The molecule has 2 fully saturated rings. The molecular weight excluding hydrogens is 1950 g/mol. The summed E-state index contributed by atoms with van der Waals surface area (Å²) in [5.74, 6) is 6.88. The third-order valence-corrected chi connectivity index (χ3v) is 29.1. The maximum atomic E-state index is 13.3. The number of benzene rings is 12. The van der Waals surface area contributed by atoms with Crippen LogP contribution in [0, 0.1) is 36.0 Å². The SMILES string of the molecule is C#Cc1ccc(C(=O)Cc2ccccc2S(=O)(=O)N(C)C)cc1.C#Cc1cccc(C(=O)Nc2ccccc2S(=O)(=O)N2CCOCC2)c1.C=S(=O)(c1ccccc1NC(=O)c1ccc(C#N)cc1)N1CCOCC1.CCC(=O)c1ccccc1NC(=O)Nc1ccc(C(C)=O)cc1.CCOC(=O)c1ccc(CCC(=O)Cc2ccccc2C(=O)CC)cc1.COC(=O)c1cccc(CCC(=O)Cc2ccccc2C(=O)OC)c1. The summed E-state index contributed by atoms with van der Waals surface area (Å²) in [6.45, 7) is 10.5. The Balaban J connectivity index is 0.000000199. The summed E-state index contributed by atoms with van der Waals surface area (Å²) < 4.78 is 93.1. The molecule has 12 aromatic carbocycles. The minimum atomic E-state index is -3.73. The summed E-state index contributed by atoms with van der Waals surface area (Å²) >= 11 is 0. The number of morpholine rings is 2. The largest absolute Gasteiger partial charge is 0.465 e. The first-order valence-electron chi connectivity index (χ1n) is 47.3.